The number of benzene rings is 2. The summed E-state index contributed by atoms with van der Waals surface area (Å²) < 4.78 is 11.5. The number of nitrogens with one attached hydrogen (secondary N) is 2. The first-order chi connectivity index (χ1) is 17.8. The molecular formula is C27H27N7O2. The van der Waals surface area contributed by atoms with Crippen LogP contribution in [0.5, 0.6) is 5.75 Å². The maximum Gasteiger partial charge on any atom is 0.162 e. The van der Waals surface area contributed by atoms with Crippen molar-refractivity contribution in [2.75, 3.05) is 44.8 Å². The van der Waals surface area contributed by atoms with Crippen molar-refractivity contribution in [3.05, 3.63) is 67.0 Å². The van der Waals surface area contributed by atoms with Crippen LogP contribution in [-0.2, 0) is 4.74 Å². The van der Waals surface area contributed by atoms with Crippen LogP contribution >= 0.6 is 0 Å². The van der Waals surface area contributed by atoms with Crippen LogP contribution in [0.25, 0.3) is 33.3 Å². The van der Waals surface area contributed by atoms with E-state index in [1.807, 2.05) is 54.6 Å². The monoisotopic (exact) mass is 481 g/mol. The Labute approximate surface area is 208 Å². The first-order valence-electron chi connectivity index (χ1n) is 12.2. The summed E-state index contributed by atoms with van der Waals surface area (Å²) in [5, 5.41) is 12.2. The lowest BCUT2D eigenvalue weighted by Gasteiger charge is -2.26. The molecule has 0 bridgehead atoms. The molecule has 4 heterocycles. The summed E-state index contributed by atoms with van der Waals surface area (Å²) in [5.41, 5.74) is 3.34. The average molecular weight is 482 g/mol. The van der Waals surface area contributed by atoms with Crippen LogP contribution in [0.4, 0.5) is 11.5 Å². The van der Waals surface area contributed by atoms with E-state index < -0.39 is 0 Å². The van der Waals surface area contributed by atoms with E-state index in [1.54, 1.807) is 12.4 Å². The third kappa shape index (κ3) is 4.98. The number of anilines is 2. The summed E-state index contributed by atoms with van der Waals surface area (Å²) in [7, 11) is 0. The maximum atomic E-state index is 6.06. The lowest BCUT2D eigenvalue weighted by molar-refractivity contribution is 0.0358. The molecule has 9 nitrogen and oxygen atoms in total. The van der Waals surface area contributed by atoms with Gasteiger partial charge in [-0.15, -0.1) is 0 Å². The van der Waals surface area contributed by atoms with Crippen LogP contribution in [0.1, 0.15) is 6.42 Å². The van der Waals surface area contributed by atoms with E-state index in [-0.39, 0.29) is 0 Å². The Bertz CT molecular complexity index is 1480. The number of fused-ring (bicyclic) bond motifs is 2. The first kappa shape index (κ1) is 22.4. The average Bonchev–Trinajstić information content (AvgIpc) is 3.40. The van der Waals surface area contributed by atoms with E-state index in [4.69, 9.17) is 19.4 Å². The van der Waals surface area contributed by atoms with Crippen molar-refractivity contribution in [3.63, 3.8) is 0 Å². The molecule has 9 heteroatoms. The molecule has 1 aliphatic rings. The van der Waals surface area contributed by atoms with Gasteiger partial charge in [0.05, 0.1) is 43.4 Å². The summed E-state index contributed by atoms with van der Waals surface area (Å²) in [5.74, 6) is 2.17. The maximum absolute atomic E-state index is 6.06. The van der Waals surface area contributed by atoms with Gasteiger partial charge in [0, 0.05) is 36.0 Å². The van der Waals surface area contributed by atoms with Gasteiger partial charge in [-0.3, -0.25) is 10.00 Å². The molecule has 0 amide bonds. The van der Waals surface area contributed by atoms with Crippen LogP contribution in [0.15, 0.2) is 67.0 Å². The van der Waals surface area contributed by atoms with Gasteiger partial charge in [0.25, 0.3) is 0 Å². The standard InChI is InChI=1S/C27H27N7O2/c1-2-8-24-23(7-1)27(30-21-15-20-17-29-33-25(20)28-18-21)32-26(31-24)19-5-3-6-22(16-19)36-12-4-9-34-10-13-35-14-11-34/h1-3,5-8,15-18H,4,9-14H2,(H,28,29,33)(H,30,31,32). The Morgan fingerprint density at radius 2 is 1.92 bits per heavy atom. The molecule has 0 aliphatic carbocycles. The minimum atomic E-state index is 0.632. The number of nitrogens with zero attached hydrogens (tertiary/aromatic N) is 5. The molecule has 0 radical (unpaired) electrons. The molecular weight excluding hydrogens is 454 g/mol. The lowest BCUT2D eigenvalue weighted by atomic mass is 10.1. The normalized spacial score (nSPS) is 14.3. The fraction of sp³-hybridized carbons (Fsp3) is 0.259. The Morgan fingerprint density at radius 1 is 1.00 bits per heavy atom. The van der Waals surface area contributed by atoms with Crippen LogP contribution in [-0.4, -0.2) is 69.5 Å². The second-order valence-corrected chi connectivity index (χ2v) is 8.75. The number of ether oxygens (including phenoxy) is 2. The number of para-hydroxylation sites is 1. The number of rotatable bonds is 8. The van der Waals surface area contributed by atoms with Gasteiger partial charge in [0.2, 0.25) is 0 Å². The number of aromatic amines is 1. The third-order valence-corrected chi connectivity index (χ3v) is 6.24. The van der Waals surface area contributed by atoms with Gasteiger partial charge in [-0.05, 0) is 36.8 Å². The number of morpholine rings is 1. The van der Waals surface area contributed by atoms with Gasteiger partial charge in [-0.2, -0.15) is 5.10 Å². The minimum Gasteiger partial charge on any atom is -0.494 e. The smallest absolute Gasteiger partial charge is 0.162 e. The van der Waals surface area contributed by atoms with Gasteiger partial charge in [-0.1, -0.05) is 24.3 Å². The Kier molecular flexibility index (Phi) is 6.39. The highest BCUT2D eigenvalue weighted by atomic mass is 16.5. The van der Waals surface area contributed by atoms with E-state index in [9.17, 15) is 0 Å². The molecule has 0 spiro atoms. The zero-order chi connectivity index (χ0) is 24.2. The fourth-order valence-corrected chi connectivity index (χ4v) is 4.37. The first-order valence-corrected chi connectivity index (χ1v) is 12.2. The SMILES string of the molecule is c1cc(OCCCN2CCOCC2)cc(-c2nc(Nc3cnc4[nH]ncc4c3)c3ccccc3n2)c1. The van der Waals surface area contributed by atoms with Gasteiger partial charge in [0.15, 0.2) is 11.5 Å². The highest BCUT2D eigenvalue weighted by Gasteiger charge is 2.12. The molecule has 36 heavy (non-hydrogen) atoms. The topological polar surface area (TPSA) is 101 Å². The predicted molar refractivity (Wildman–Crippen MR) is 140 cm³/mol. The van der Waals surface area contributed by atoms with Gasteiger partial charge < -0.3 is 14.8 Å². The number of hydrogen-bond acceptors (Lipinski definition) is 8. The molecule has 2 N–H and O–H groups in total. The van der Waals surface area contributed by atoms with E-state index >= 15 is 0 Å². The molecule has 182 valence electrons. The van der Waals surface area contributed by atoms with Gasteiger partial charge >= 0.3 is 0 Å². The van der Waals surface area contributed by atoms with E-state index in [0.717, 1.165) is 84.0 Å². The fourth-order valence-electron chi connectivity index (χ4n) is 4.37. The summed E-state index contributed by atoms with van der Waals surface area (Å²) in [6.45, 7) is 5.31. The number of H-pyrrole nitrogens is 1. The molecule has 1 aliphatic heterocycles. The van der Waals surface area contributed by atoms with Crippen LogP contribution in [0, 0.1) is 0 Å². The summed E-state index contributed by atoms with van der Waals surface area (Å²) >= 11 is 0. The van der Waals surface area contributed by atoms with Crippen LogP contribution in [0.2, 0.25) is 0 Å². The minimum absolute atomic E-state index is 0.632. The molecule has 0 unspecified atom stereocenters. The quantitative estimate of drug-likeness (QED) is 0.314. The van der Waals surface area contributed by atoms with Crippen molar-refractivity contribution in [1.82, 2.24) is 30.0 Å². The van der Waals surface area contributed by atoms with Crippen molar-refractivity contribution in [1.29, 1.82) is 0 Å². The number of hydrogen-bond donors (Lipinski definition) is 2. The lowest BCUT2D eigenvalue weighted by Crippen LogP contribution is -2.37. The summed E-state index contributed by atoms with van der Waals surface area (Å²) in [4.78, 5) is 16.6. The summed E-state index contributed by atoms with van der Waals surface area (Å²) in [6.07, 6.45) is 4.49. The molecule has 3 aromatic heterocycles. The van der Waals surface area contributed by atoms with E-state index in [1.165, 1.54) is 0 Å². The third-order valence-electron chi connectivity index (χ3n) is 6.24. The number of aromatic nitrogens is 5. The van der Waals surface area contributed by atoms with E-state index in [2.05, 4.69) is 25.4 Å². The highest BCUT2D eigenvalue weighted by molar-refractivity contribution is 5.92. The molecule has 1 saturated heterocycles. The van der Waals surface area contributed by atoms with Crippen molar-refractivity contribution >= 4 is 33.4 Å². The Balaban J connectivity index is 1.22. The second-order valence-electron chi connectivity index (χ2n) is 8.75. The van der Waals surface area contributed by atoms with Gasteiger partial charge in [0.1, 0.15) is 11.6 Å². The number of pyridine rings is 1. The van der Waals surface area contributed by atoms with Crippen LogP contribution < -0.4 is 10.1 Å². The highest BCUT2D eigenvalue weighted by Crippen LogP contribution is 2.29. The van der Waals surface area contributed by atoms with Gasteiger partial charge in [-0.25, -0.2) is 15.0 Å². The Morgan fingerprint density at radius 3 is 2.86 bits per heavy atom. The summed E-state index contributed by atoms with van der Waals surface area (Å²) in [6, 6.07) is 17.9. The molecule has 2 aromatic carbocycles. The Hall–Kier alpha value is -4.08. The van der Waals surface area contributed by atoms with Crippen LogP contribution in [0.3, 0.4) is 0 Å². The predicted octanol–water partition coefficient (Wildman–Crippen LogP) is 4.41. The molecule has 0 atom stereocenters. The zero-order valence-corrected chi connectivity index (χ0v) is 19.9. The largest absolute Gasteiger partial charge is 0.494 e. The molecule has 6 rings (SSSR count). The zero-order valence-electron chi connectivity index (χ0n) is 19.9. The molecule has 1 fully saturated rings. The van der Waals surface area contributed by atoms with E-state index in [0.29, 0.717) is 12.4 Å². The molecule has 0 saturated carbocycles. The van der Waals surface area contributed by atoms with Crippen molar-refractivity contribution < 1.29 is 9.47 Å². The second kappa shape index (κ2) is 10.3. The molecule has 5 aromatic rings. The van der Waals surface area contributed by atoms with Crippen molar-refractivity contribution in [2.24, 2.45) is 0 Å². The van der Waals surface area contributed by atoms with Crippen molar-refractivity contribution in [3.8, 4) is 17.1 Å². The van der Waals surface area contributed by atoms with Crippen molar-refractivity contribution in [2.45, 2.75) is 6.42 Å².